The van der Waals surface area contributed by atoms with Crippen LogP contribution in [0, 0.1) is 5.82 Å². The SMILES string of the molecule is CNC(Cc1ccccc1)c1cc(Br)c(F)cc1OC. The van der Waals surface area contributed by atoms with Gasteiger partial charge in [-0.05, 0) is 41.0 Å². The Labute approximate surface area is 127 Å². The monoisotopic (exact) mass is 337 g/mol. The van der Waals surface area contributed by atoms with Crippen molar-refractivity contribution in [3.05, 3.63) is 63.9 Å². The van der Waals surface area contributed by atoms with Gasteiger partial charge in [-0.2, -0.15) is 0 Å². The third-order valence-electron chi connectivity index (χ3n) is 3.28. The Kier molecular flexibility index (Phi) is 5.15. The fourth-order valence-electron chi connectivity index (χ4n) is 2.21. The molecule has 0 aliphatic heterocycles. The second-order valence-electron chi connectivity index (χ2n) is 4.54. The summed E-state index contributed by atoms with van der Waals surface area (Å²) < 4.78 is 19.3. The highest BCUT2D eigenvalue weighted by atomic mass is 79.9. The lowest BCUT2D eigenvalue weighted by atomic mass is 9.98. The Hall–Kier alpha value is -1.39. The van der Waals surface area contributed by atoms with Crippen molar-refractivity contribution in [2.24, 2.45) is 0 Å². The molecule has 0 aromatic heterocycles. The number of likely N-dealkylation sites (N-methyl/N-ethyl adjacent to an activating group) is 1. The zero-order chi connectivity index (χ0) is 14.5. The van der Waals surface area contributed by atoms with Gasteiger partial charge in [0.25, 0.3) is 0 Å². The van der Waals surface area contributed by atoms with E-state index in [9.17, 15) is 4.39 Å². The maximum Gasteiger partial charge on any atom is 0.141 e. The smallest absolute Gasteiger partial charge is 0.141 e. The molecule has 0 radical (unpaired) electrons. The van der Waals surface area contributed by atoms with E-state index in [1.807, 2.05) is 25.2 Å². The summed E-state index contributed by atoms with van der Waals surface area (Å²) in [5, 5.41) is 3.26. The van der Waals surface area contributed by atoms with E-state index in [0.29, 0.717) is 10.2 Å². The van der Waals surface area contributed by atoms with Crippen molar-refractivity contribution >= 4 is 15.9 Å². The van der Waals surface area contributed by atoms with Gasteiger partial charge < -0.3 is 10.1 Å². The molecule has 2 aromatic rings. The van der Waals surface area contributed by atoms with Gasteiger partial charge in [0.2, 0.25) is 0 Å². The third-order valence-corrected chi connectivity index (χ3v) is 3.89. The molecule has 0 amide bonds. The Morgan fingerprint density at radius 3 is 2.55 bits per heavy atom. The summed E-state index contributed by atoms with van der Waals surface area (Å²) >= 11 is 3.23. The largest absolute Gasteiger partial charge is 0.496 e. The summed E-state index contributed by atoms with van der Waals surface area (Å²) in [7, 11) is 3.45. The van der Waals surface area contributed by atoms with Gasteiger partial charge >= 0.3 is 0 Å². The highest BCUT2D eigenvalue weighted by Crippen LogP contribution is 2.32. The molecule has 20 heavy (non-hydrogen) atoms. The Bertz CT molecular complexity index is 574. The minimum Gasteiger partial charge on any atom is -0.496 e. The van der Waals surface area contributed by atoms with E-state index < -0.39 is 0 Å². The molecule has 0 spiro atoms. The molecular weight excluding hydrogens is 321 g/mol. The normalized spacial score (nSPS) is 12.2. The summed E-state index contributed by atoms with van der Waals surface area (Å²) in [5.74, 6) is 0.237. The van der Waals surface area contributed by atoms with Crippen LogP contribution in [0.4, 0.5) is 4.39 Å². The molecule has 1 atom stereocenters. The molecule has 0 aliphatic carbocycles. The molecule has 4 heteroatoms. The average Bonchev–Trinajstić information content (AvgIpc) is 2.48. The van der Waals surface area contributed by atoms with Gasteiger partial charge in [0.15, 0.2) is 0 Å². The predicted octanol–water partition coefficient (Wildman–Crippen LogP) is 4.10. The summed E-state index contributed by atoms with van der Waals surface area (Å²) in [6.45, 7) is 0. The van der Waals surface area contributed by atoms with E-state index in [1.165, 1.54) is 11.6 Å². The van der Waals surface area contributed by atoms with E-state index in [0.717, 1.165) is 12.0 Å². The lowest BCUT2D eigenvalue weighted by Crippen LogP contribution is -2.19. The number of methoxy groups -OCH3 is 1. The highest BCUT2D eigenvalue weighted by Gasteiger charge is 2.17. The number of hydrogen-bond donors (Lipinski definition) is 1. The lowest BCUT2D eigenvalue weighted by molar-refractivity contribution is 0.397. The maximum atomic E-state index is 13.6. The minimum absolute atomic E-state index is 0.0595. The summed E-state index contributed by atoms with van der Waals surface area (Å²) in [4.78, 5) is 0. The number of nitrogens with one attached hydrogen (secondary N) is 1. The van der Waals surface area contributed by atoms with Gasteiger partial charge in [0, 0.05) is 17.7 Å². The van der Waals surface area contributed by atoms with Crippen molar-refractivity contribution < 1.29 is 9.13 Å². The van der Waals surface area contributed by atoms with Crippen LogP contribution in [0.2, 0.25) is 0 Å². The Morgan fingerprint density at radius 1 is 1.25 bits per heavy atom. The molecule has 2 nitrogen and oxygen atoms in total. The Balaban J connectivity index is 2.34. The molecule has 1 unspecified atom stereocenters. The van der Waals surface area contributed by atoms with E-state index >= 15 is 0 Å². The van der Waals surface area contributed by atoms with Gasteiger partial charge in [-0.1, -0.05) is 30.3 Å². The van der Waals surface area contributed by atoms with Crippen LogP contribution in [0.25, 0.3) is 0 Å². The predicted molar refractivity (Wildman–Crippen MR) is 82.6 cm³/mol. The van der Waals surface area contributed by atoms with Crippen LogP contribution in [0.5, 0.6) is 5.75 Å². The second kappa shape index (κ2) is 6.86. The van der Waals surface area contributed by atoms with Crippen LogP contribution in [0.3, 0.4) is 0 Å². The van der Waals surface area contributed by atoms with Gasteiger partial charge in [-0.15, -0.1) is 0 Å². The number of hydrogen-bond acceptors (Lipinski definition) is 2. The molecule has 0 saturated heterocycles. The number of benzene rings is 2. The number of halogens is 2. The van der Waals surface area contributed by atoms with Gasteiger partial charge in [-0.25, -0.2) is 4.39 Å². The number of ether oxygens (including phenoxy) is 1. The maximum absolute atomic E-state index is 13.6. The quantitative estimate of drug-likeness (QED) is 0.886. The van der Waals surface area contributed by atoms with Crippen molar-refractivity contribution in [2.75, 3.05) is 14.2 Å². The van der Waals surface area contributed by atoms with Crippen molar-refractivity contribution in [2.45, 2.75) is 12.5 Å². The van der Waals surface area contributed by atoms with Crippen LogP contribution in [-0.4, -0.2) is 14.2 Å². The molecule has 2 aromatic carbocycles. The first-order valence-electron chi connectivity index (χ1n) is 6.39. The first kappa shape index (κ1) is 15.0. The first-order valence-corrected chi connectivity index (χ1v) is 7.19. The number of rotatable bonds is 5. The van der Waals surface area contributed by atoms with E-state index in [2.05, 4.69) is 33.4 Å². The molecule has 106 valence electrons. The van der Waals surface area contributed by atoms with Crippen molar-refractivity contribution in [1.29, 1.82) is 0 Å². The molecule has 1 N–H and O–H groups in total. The fourth-order valence-corrected chi connectivity index (χ4v) is 2.57. The highest BCUT2D eigenvalue weighted by molar-refractivity contribution is 9.10. The van der Waals surface area contributed by atoms with Crippen LogP contribution in [0.15, 0.2) is 46.9 Å². The molecule has 0 heterocycles. The molecule has 0 fully saturated rings. The lowest BCUT2D eigenvalue weighted by Gasteiger charge is -2.20. The molecule has 0 saturated carbocycles. The summed E-state index contributed by atoms with van der Waals surface area (Å²) in [5.41, 5.74) is 2.15. The zero-order valence-corrected chi connectivity index (χ0v) is 13.1. The molecular formula is C16H17BrFNO. The van der Waals surface area contributed by atoms with Gasteiger partial charge in [0.05, 0.1) is 11.6 Å². The molecule has 0 bridgehead atoms. The summed E-state index contributed by atoms with van der Waals surface area (Å²) in [6, 6.07) is 13.4. The van der Waals surface area contributed by atoms with Crippen LogP contribution in [0.1, 0.15) is 17.2 Å². The fraction of sp³-hybridized carbons (Fsp3) is 0.250. The van der Waals surface area contributed by atoms with Crippen molar-refractivity contribution in [3.63, 3.8) is 0 Å². The summed E-state index contributed by atoms with van der Waals surface area (Å²) in [6.07, 6.45) is 0.811. The van der Waals surface area contributed by atoms with Crippen LogP contribution in [-0.2, 0) is 6.42 Å². The zero-order valence-electron chi connectivity index (χ0n) is 11.5. The van der Waals surface area contributed by atoms with Gasteiger partial charge in [-0.3, -0.25) is 0 Å². The second-order valence-corrected chi connectivity index (χ2v) is 5.39. The average molecular weight is 338 g/mol. The van der Waals surface area contributed by atoms with Crippen molar-refractivity contribution in [3.8, 4) is 5.75 Å². The third kappa shape index (κ3) is 3.38. The first-order chi connectivity index (χ1) is 9.65. The van der Waals surface area contributed by atoms with Crippen LogP contribution >= 0.6 is 15.9 Å². The topological polar surface area (TPSA) is 21.3 Å². The molecule has 0 aliphatic rings. The minimum atomic E-state index is -0.319. The molecule has 2 rings (SSSR count). The van der Waals surface area contributed by atoms with Crippen LogP contribution < -0.4 is 10.1 Å². The van der Waals surface area contributed by atoms with Gasteiger partial charge in [0.1, 0.15) is 11.6 Å². The van der Waals surface area contributed by atoms with E-state index in [1.54, 1.807) is 13.2 Å². The van der Waals surface area contributed by atoms with E-state index in [-0.39, 0.29) is 11.9 Å². The van der Waals surface area contributed by atoms with E-state index in [4.69, 9.17) is 4.74 Å². The Morgan fingerprint density at radius 2 is 1.95 bits per heavy atom. The standard InChI is InChI=1S/C16H17BrFNO/c1-19-15(8-11-6-4-3-5-7-11)12-9-13(17)14(18)10-16(12)20-2/h3-7,9-10,15,19H,8H2,1-2H3. The van der Waals surface area contributed by atoms with Crippen molar-refractivity contribution in [1.82, 2.24) is 5.32 Å².